The summed E-state index contributed by atoms with van der Waals surface area (Å²) in [5, 5.41) is 0. The third-order valence-corrected chi connectivity index (χ3v) is 5.66. The second kappa shape index (κ2) is 9.53. The first-order valence-corrected chi connectivity index (χ1v) is 11.7. The molecule has 34 heavy (non-hydrogen) atoms. The Labute approximate surface area is 203 Å². The number of hydrogen-bond donors (Lipinski definition) is 0. The molecule has 0 aromatic heterocycles. The van der Waals surface area contributed by atoms with Crippen molar-refractivity contribution < 1.29 is 9.59 Å². The third-order valence-electron chi connectivity index (χ3n) is 5.66. The summed E-state index contributed by atoms with van der Waals surface area (Å²) in [6.45, 7) is 15.6. The summed E-state index contributed by atoms with van der Waals surface area (Å²) in [4.78, 5) is 39.4. The molecule has 1 heterocycles. The van der Waals surface area contributed by atoms with E-state index in [1.54, 1.807) is 9.80 Å². The van der Waals surface area contributed by atoms with Crippen LogP contribution in [0.5, 0.6) is 0 Å². The van der Waals surface area contributed by atoms with Gasteiger partial charge in [0.1, 0.15) is 11.7 Å². The summed E-state index contributed by atoms with van der Waals surface area (Å²) in [5.41, 5.74) is 3.03. The summed E-state index contributed by atoms with van der Waals surface area (Å²) >= 11 is 0. The van der Waals surface area contributed by atoms with Crippen LogP contribution in [0.1, 0.15) is 63.8 Å². The number of aliphatic imine (C=N–C) groups is 2. The largest absolute Gasteiger partial charge is 0.351 e. The van der Waals surface area contributed by atoms with E-state index in [9.17, 15) is 9.59 Å². The number of nitrogens with zero attached hydrogens (tertiary/aromatic N) is 4. The molecular formula is C28H36N4O2. The zero-order valence-corrected chi connectivity index (χ0v) is 21.6. The van der Waals surface area contributed by atoms with E-state index in [2.05, 4.69) is 9.98 Å². The molecule has 0 spiro atoms. The standard InChI is InChI=1S/C28H36N4O2/c1-19-9-13-21(14-10-19)17-23-29-25(33)32(28(6,7)8)24(18-22-15-11-20(2)12-16-22)30-26(34)31(23)27(3,4)5/h9-16H,17-18H2,1-8H3/b29-23-,30-24-. The fourth-order valence-electron chi connectivity index (χ4n) is 4.00. The molecule has 0 radical (unpaired) electrons. The maximum Gasteiger partial charge on any atom is 0.351 e. The monoisotopic (exact) mass is 460 g/mol. The molecule has 0 saturated heterocycles. The summed E-state index contributed by atoms with van der Waals surface area (Å²) in [5.74, 6) is 0.803. The lowest BCUT2D eigenvalue weighted by atomic mass is 10.0. The summed E-state index contributed by atoms with van der Waals surface area (Å²) in [6.07, 6.45) is 0.714. The summed E-state index contributed by atoms with van der Waals surface area (Å²) in [6, 6.07) is 15.2. The maximum absolute atomic E-state index is 13.6. The fourth-order valence-corrected chi connectivity index (χ4v) is 4.00. The predicted octanol–water partition coefficient (Wildman–Crippen LogP) is 6.34. The maximum atomic E-state index is 13.6. The number of amides is 4. The minimum Gasteiger partial charge on any atom is -0.274 e. The smallest absolute Gasteiger partial charge is 0.274 e. The normalized spacial score (nSPS) is 18.7. The van der Waals surface area contributed by atoms with Gasteiger partial charge in [0.05, 0.1) is 0 Å². The van der Waals surface area contributed by atoms with Gasteiger partial charge in [0, 0.05) is 23.9 Å². The van der Waals surface area contributed by atoms with Gasteiger partial charge in [-0.3, -0.25) is 9.80 Å². The highest BCUT2D eigenvalue weighted by Gasteiger charge is 2.38. The van der Waals surface area contributed by atoms with Crippen molar-refractivity contribution in [1.82, 2.24) is 9.80 Å². The van der Waals surface area contributed by atoms with Gasteiger partial charge in [-0.15, -0.1) is 0 Å². The number of urea groups is 2. The first-order chi connectivity index (χ1) is 15.8. The molecule has 0 atom stereocenters. The molecule has 2 aromatic carbocycles. The van der Waals surface area contributed by atoms with Crippen molar-refractivity contribution in [3.8, 4) is 0 Å². The molecule has 3 rings (SSSR count). The van der Waals surface area contributed by atoms with Crippen LogP contribution in [0.4, 0.5) is 9.59 Å². The van der Waals surface area contributed by atoms with Crippen molar-refractivity contribution in [2.75, 3.05) is 0 Å². The van der Waals surface area contributed by atoms with Gasteiger partial charge in [-0.1, -0.05) is 59.7 Å². The van der Waals surface area contributed by atoms with Gasteiger partial charge >= 0.3 is 12.1 Å². The van der Waals surface area contributed by atoms with E-state index in [0.29, 0.717) is 24.5 Å². The Kier molecular flexibility index (Phi) is 7.10. The summed E-state index contributed by atoms with van der Waals surface area (Å²) in [7, 11) is 0. The van der Waals surface area contributed by atoms with Crippen molar-refractivity contribution in [2.45, 2.75) is 79.3 Å². The average molecular weight is 461 g/mol. The number of carbonyl (C=O) groups excluding carboxylic acids is 2. The lowest BCUT2D eigenvalue weighted by molar-refractivity contribution is 0.188. The van der Waals surface area contributed by atoms with Crippen molar-refractivity contribution in [3.63, 3.8) is 0 Å². The van der Waals surface area contributed by atoms with Gasteiger partial charge in [-0.25, -0.2) is 9.59 Å². The molecule has 180 valence electrons. The van der Waals surface area contributed by atoms with E-state index in [1.807, 2.05) is 104 Å². The molecule has 6 heteroatoms. The van der Waals surface area contributed by atoms with Crippen LogP contribution in [0.15, 0.2) is 58.5 Å². The highest BCUT2D eigenvalue weighted by molar-refractivity contribution is 6.13. The number of aryl methyl sites for hydroxylation is 2. The first kappa shape index (κ1) is 25.3. The molecule has 0 fully saturated rings. The Morgan fingerprint density at radius 3 is 1.15 bits per heavy atom. The molecule has 0 bridgehead atoms. The van der Waals surface area contributed by atoms with Gasteiger partial charge < -0.3 is 0 Å². The van der Waals surface area contributed by atoms with Crippen LogP contribution in [-0.2, 0) is 12.8 Å². The van der Waals surface area contributed by atoms with Gasteiger partial charge in [0.2, 0.25) is 0 Å². The van der Waals surface area contributed by atoms with Crippen LogP contribution >= 0.6 is 0 Å². The Hall–Kier alpha value is -3.28. The number of benzene rings is 2. The zero-order valence-electron chi connectivity index (χ0n) is 21.6. The van der Waals surface area contributed by atoms with E-state index in [1.165, 1.54) is 0 Å². The SMILES string of the molecule is Cc1ccc(C/C2=N/C(=O)N(C(C)(C)C)/C(Cc3ccc(C)cc3)=N\C(=O)N2C(C)(C)C)cc1. The van der Waals surface area contributed by atoms with E-state index in [4.69, 9.17) is 0 Å². The number of amidine groups is 2. The van der Waals surface area contributed by atoms with E-state index < -0.39 is 23.1 Å². The van der Waals surface area contributed by atoms with Crippen LogP contribution in [0.25, 0.3) is 0 Å². The van der Waals surface area contributed by atoms with Gasteiger partial charge in [0.25, 0.3) is 0 Å². The van der Waals surface area contributed by atoms with Gasteiger partial charge in [-0.05, 0) is 66.5 Å². The average Bonchev–Trinajstić information content (AvgIpc) is 2.68. The van der Waals surface area contributed by atoms with Crippen LogP contribution in [0, 0.1) is 13.8 Å². The van der Waals surface area contributed by atoms with E-state index in [-0.39, 0.29) is 0 Å². The van der Waals surface area contributed by atoms with Gasteiger partial charge in [-0.2, -0.15) is 9.98 Å². The van der Waals surface area contributed by atoms with Crippen molar-refractivity contribution in [3.05, 3.63) is 70.8 Å². The van der Waals surface area contributed by atoms with E-state index in [0.717, 1.165) is 22.3 Å². The minimum atomic E-state index is -0.608. The topological polar surface area (TPSA) is 65.3 Å². The van der Waals surface area contributed by atoms with Crippen LogP contribution in [-0.4, -0.2) is 44.6 Å². The quantitative estimate of drug-likeness (QED) is 0.534. The first-order valence-electron chi connectivity index (χ1n) is 11.7. The molecule has 0 N–H and O–H groups in total. The van der Waals surface area contributed by atoms with Crippen molar-refractivity contribution in [2.24, 2.45) is 9.98 Å². The Morgan fingerprint density at radius 1 is 0.588 bits per heavy atom. The molecule has 0 aliphatic carbocycles. The highest BCUT2D eigenvalue weighted by atomic mass is 16.2. The lowest BCUT2D eigenvalue weighted by Crippen LogP contribution is -2.55. The number of carbonyl (C=O) groups is 2. The van der Waals surface area contributed by atoms with E-state index >= 15 is 0 Å². The van der Waals surface area contributed by atoms with Crippen molar-refractivity contribution >= 4 is 23.7 Å². The fraction of sp³-hybridized carbons (Fsp3) is 0.429. The third kappa shape index (κ3) is 5.99. The lowest BCUT2D eigenvalue weighted by Gasteiger charge is -2.40. The van der Waals surface area contributed by atoms with Crippen molar-refractivity contribution in [1.29, 1.82) is 0 Å². The Morgan fingerprint density at radius 2 is 0.882 bits per heavy atom. The molecule has 4 amide bonds. The predicted molar refractivity (Wildman–Crippen MR) is 139 cm³/mol. The molecule has 0 unspecified atom stereocenters. The molecule has 6 nitrogen and oxygen atoms in total. The highest BCUT2D eigenvalue weighted by Crippen LogP contribution is 2.25. The molecular weight excluding hydrogens is 424 g/mol. The number of rotatable bonds is 4. The van der Waals surface area contributed by atoms with Gasteiger partial charge in [0.15, 0.2) is 0 Å². The molecule has 1 aliphatic rings. The second-order valence-electron chi connectivity index (χ2n) is 11.0. The second-order valence-corrected chi connectivity index (χ2v) is 11.0. The van der Waals surface area contributed by atoms with Crippen LogP contribution in [0.3, 0.4) is 0 Å². The van der Waals surface area contributed by atoms with Crippen LogP contribution < -0.4 is 0 Å². The molecule has 2 aromatic rings. The van der Waals surface area contributed by atoms with Crippen LogP contribution in [0.2, 0.25) is 0 Å². The zero-order chi connectivity index (χ0) is 25.3. The molecule has 1 aliphatic heterocycles. The summed E-state index contributed by atoms with van der Waals surface area (Å²) < 4.78 is 0. The molecule has 0 saturated carbocycles. The Balaban J connectivity index is 2.11. The Bertz CT molecular complexity index is 1020. The number of hydrogen-bond acceptors (Lipinski definition) is 2. The minimum absolute atomic E-state index is 0.357.